The SMILES string of the molecule is CC(=O)N1CCN(C(=O)c2ccnc(C(=O)Nc3cc(C)ccc3C)c2)CC1. The van der Waals surface area contributed by atoms with Gasteiger partial charge in [0, 0.05) is 50.6 Å². The number of amides is 3. The fraction of sp³-hybridized carbons (Fsp3) is 0.333. The molecule has 1 saturated heterocycles. The molecule has 2 aromatic rings. The lowest BCUT2D eigenvalue weighted by Crippen LogP contribution is -2.50. The maximum Gasteiger partial charge on any atom is 0.274 e. The standard InChI is InChI=1S/C21H24N4O3/c1-14-4-5-15(2)18(12-14)23-20(27)19-13-17(6-7-22-19)21(28)25-10-8-24(9-11-25)16(3)26/h4-7,12-13H,8-11H2,1-3H3,(H,23,27). The molecular formula is C21H24N4O3. The van der Waals surface area contributed by atoms with Crippen molar-refractivity contribution in [1.29, 1.82) is 0 Å². The van der Waals surface area contributed by atoms with Crippen molar-refractivity contribution in [2.45, 2.75) is 20.8 Å². The third kappa shape index (κ3) is 4.36. The maximum atomic E-state index is 12.8. The number of benzene rings is 1. The number of pyridine rings is 1. The predicted octanol–water partition coefficient (Wildman–Crippen LogP) is 2.26. The lowest BCUT2D eigenvalue weighted by Gasteiger charge is -2.34. The van der Waals surface area contributed by atoms with E-state index in [0.717, 1.165) is 16.8 Å². The molecule has 7 heteroatoms. The quantitative estimate of drug-likeness (QED) is 0.885. The fourth-order valence-electron chi connectivity index (χ4n) is 3.15. The molecule has 0 aliphatic carbocycles. The fourth-order valence-corrected chi connectivity index (χ4v) is 3.15. The lowest BCUT2D eigenvalue weighted by molar-refractivity contribution is -0.130. The van der Waals surface area contributed by atoms with E-state index in [-0.39, 0.29) is 23.4 Å². The molecule has 1 aromatic carbocycles. The highest BCUT2D eigenvalue weighted by atomic mass is 16.2. The van der Waals surface area contributed by atoms with Gasteiger partial charge in [-0.1, -0.05) is 12.1 Å². The van der Waals surface area contributed by atoms with Crippen LogP contribution in [0.5, 0.6) is 0 Å². The number of carbonyl (C=O) groups excluding carboxylic acids is 3. The molecule has 1 aliphatic heterocycles. The van der Waals surface area contributed by atoms with Crippen LogP contribution in [-0.4, -0.2) is 58.7 Å². The largest absolute Gasteiger partial charge is 0.339 e. The average molecular weight is 380 g/mol. The van der Waals surface area contributed by atoms with E-state index in [1.807, 2.05) is 32.0 Å². The van der Waals surface area contributed by atoms with Gasteiger partial charge in [-0.25, -0.2) is 0 Å². The molecule has 146 valence electrons. The smallest absolute Gasteiger partial charge is 0.274 e. The molecule has 2 heterocycles. The Hall–Kier alpha value is -3.22. The van der Waals surface area contributed by atoms with Crippen molar-refractivity contribution in [1.82, 2.24) is 14.8 Å². The summed E-state index contributed by atoms with van der Waals surface area (Å²) in [5.74, 6) is -0.502. The van der Waals surface area contributed by atoms with Gasteiger partial charge in [0.2, 0.25) is 5.91 Å². The van der Waals surface area contributed by atoms with Crippen LogP contribution in [0.3, 0.4) is 0 Å². The van der Waals surface area contributed by atoms with Gasteiger partial charge in [-0.2, -0.15) is 0 Å². The van der Waals surface area contributed by atoms with Gasteiger partial charge in [0.05, 0.1) is 0 Å². The number of piperazine rings is 1. The number of aryl methyl sites for hydroxylation is 2. The minimum absolute atomic E-state index is 0.0152. The average Bonchev–Trinajstić information content (AvgIpc) is 2.70. The second-order valence-electron chi connectivity index (χ2n) is 7.00. The van der Waals surface area contributed by atoms with Crippen molar-refractivity contribution >= 4 is 23.4 Å². The van der Waals surface area contributed by atoms with Crippen LogP contribution in [-0.2, 0) is 4.79 Å². The van der Waals surface area contributed by atoms with Gasteiger partial charge in [-0.05, 0) is 43.2 Å². The Kier molecular flexibility index (Phi) is 5.73. The van der Waals surface area contributed by atoms with E-state index in [1.165, 1.54) is 19.2 Å². The van der Waals surface area contributed by atoms with Crippen molar-refractivity contribution in [2.24, 2.45) is 0 Å². The predicted molar refractivity (Wildman–Crippen MR) is 106 cm³/mol. The monoisotopic (exact) mass is 380 g/mol. The first kappa shape index (κ1) is 19.5. The van der Waals surface area contributed by atoms with Crippen LogP contribution < -0.4 is 5.32 Å². The number of hydrogen-bond acceptors (Lipinski definition) is 4. The molecule has 3 amide bonds. The van der Waals surface area contributed by atoms with Crippen LogP contribution >= 0.6 is 0 Å². The molecular weight excluding hydrogens is 356 g/mol. The number of nitrogens with zero attached hydrogens (tertiary/aromatic N) is 3. The van der Waals surface area contributed by atoms with E-state index >= 15 is 0 Å². The minimum atomic E-state index is -0.357. The van der Waals surface area contributed by atoms with E-state index < -0.39 is 0 Å². The third-order valence-electron chi connectivity index (χ3n) is 4.89. The summed E-state index contributed by atoms with van der Waals surface area (Å²) in [5, 5.41) is 2.86. The molecule has 1 aromatic heterocycles. The number of nitrogens with one attached hydrogen (secondary N) is 1. The van der Waals surface area contributed by atoms with Crippen LogP contribution in [0.15, 0.2) is 36.5 Å². The van der Waals surface area contributed by atoms with Crippen LogP contribution in [0.25, 0.3) is 0 Å². The zero-order valence-electron chi connectivity index (χ0n) is 16.4. The van der Waals surface area contributed by atoms with Gasteiger partial charge in [-0.15, -0.1) is 0 Å². The molecule has 0 saturated carbocycles. The Morgan fingerprint density at radius 1 is 0.964 bits per heavy atom. The van der Waals surface area contributed by atoms with E-state index in [4.69, 9.17) is 0 Å². The zero-order valence-corrected chi connectivity index (χ0v) is 16.4. The normalized spacial score (nSPS) is 14.0. The molecule has 3 rings (SSSR count). The van der Waals surface area contributed by atoms with Gasteiger partial charge < -0.3 is 15.1 Å². The highest BCUT2D eigenvalue weighted by molar-refractivity contribution is 6.05. The number of anilines is 1. The van der Waals surface area contributed by atoms with Gasteiger partial charge >= 0.3 is 0 Å². The molecule has 28 heavy (non-hydrogen) atoms. The lowest BCUT2D eigenvalue weighted by atomic mass is 10.1. The second kappa shape index (κ2) is 8.21. The Morgan fingerprint density at radius 2 is 1.64 bits per heavy atom. The van der Waals surface area contributed by atoms with E-state index in [0.29, 0.717) is 31.7 Å². The Labute approximate surface area is 164 Å². The van der Waals surface area contributed by atoms with Crippen molar-refractivity contribution < 1.29 is 14.4 Å². The number of rotatable bonds is 3. The van der Waals surface area contributed by atoms with Gasteiger partial charge in [-0.3, -0.25) is 19.4 Å². The van der Waals surface area contributed by atoms with Crippen LogP contribution in [0, 0.1) is 13.8 Å². The minimum Gasteiger partial charge on any atom is -0.339 e. The molecule has 0 radical (unpaired) electrons. The molecule has 1 N–H and O–H groups in total. The van der Waals surface area contributed by atoms with Gasteiger partial charge in [0.15, 0.2) is 0 Å². The summed E-state index contributed by atoms with van der Waals surface area (Å²) in [5.41, 5.74) is 3.33. The topological polar surface area (TPSA) is 82.6 Å². The molecule has 0 bridgehead atoms. The van der Waals surface area contributed by atoms with Crippen molar-refractivity contribution in [2.75, 3.05) is 31.5 Å². The Balaban J connectivity index is 1.71. The first-order valence-corrected chi connectivity index (χ1v) is 9.24. The van der Waals surface area contributed by atoms with Crippen molar-refractivity contribution in [3.8, 4) is 0 Å². The highest BCUT2D eigenvalue weighted by Crippen LogP contribution is 2.17. The molecule has 0 unspecified atom stereocenters. The molecule has 1 fully saturated rings. The first-order valence-electron chi connectivity index (χ1n) is 9.24. The van der Waals surface area contributed by atoms with Crippen LogP contribution in [0.2, 0.25) is 0 Å². The van der Waals surface area contributed by atoms with E-state index in [2.05, 4.69) is 10.3 Å². The van der Waals surface area contributed by atoms with Crippen molar-refractivity contribution in [3.05, 3.63) is 58.9 Å². The molecule has 1 aliphatic rings. The second-order valence-corrected chi connectivity index (χ2v) is 7.00. The zero-order chi connectivity index (χ0) is 20.3. The third-order valence-corrected chi connectivity index (χ3v) is 4.89. The summed E-state index contributed by atoms with van der Waals surface area (Å²) in [7, 11) is 0. The maximum absolute atomic E-state index is 12.8. The van der Waals surface area contributed by atoms with Gasteiger partial charge in [0.25, 0.3) is 11.8 Å². The summed E-state index contributed by atoms with van der Waals surface area (Å²) < 4.78 is 0. The molecule has 7 nitrogen and oxygen atoms in total. The van der Waals surface area contributed by atoms with Crippen LogP contribution in [0.4, 0.5) is 5.69 Å². The Morgan fingerprint density at radius 3 is 2.32 bits per heavy atom. The summed E-state index contributed by atoms with van der Waals surface area (Å²) in [4.78, 5) is 44.3. The first-order chi connectivity index (χ1) is 13.3. The molecule has 0 atom stereocenters. The Bertz CT molecular complexity index is 918. The number of aromatic nitrogens is 1. The number of carbonyl (C=O) groups is 3. The summed E-state index contributed by atoms with van der Waals surface area (Å²) in [6.07, 6.45) is 1.47. The van der Waals surface area contributed by atoms with Crippen LogP contribution in [0.1, 0.15) is 38.9 Å². The molecule has 0 spiro atoms. The highest BCUT2D eigenvalue weighted by Gasteiger charge is 2.24. The van der Waals surface area contributed by atoms with E-state index in [1.54, 1.807) is 15.9 Å². The van der Waals surface area contributed by atoms with Gasteiger partial charge in [0.1, 0.15) is 5.69 Å². The summed E-state index contributed by atoms with van der Waals surface area (Å²) >= 11 is 0. The number of hydrogen-bond donors (Lipinski definition) is 1. The van der Waals surface area contributed by atoms with E-state index in [9.17, 15) is 14.4 Å². The van der Waals surface area contributed by atoms with Crippen molar-refractivity contribution in [3.63, 3.8) is 0 Å². The summed E-state index contributed by atoms with van der Waals surface area (Å²) in [6, 6.07) is 8.94. The summed E-state index contributed by atoms with van der Waals surface area (Å²) in [6.45, 7) is 7.40.